The van der Waals surface area contributed by atoms with Crippen molar-refractivity contribution >= 4 is 5.84 Å². The van der Waals surface area contributed by atoms with Crippen molar-refractivity contribution in [1.29, 1.82) is 0 Å². The number of nitrogens with two attached hydrogens (primary N) is 2. The van der Waals surface area contributed by atoms with Crippen LogP contribution in [0.1, 0.15) is 17.0 Å². The van der Waals surface area contributed by atoms with Crippen molar-refractivity contribution in [2.45, 2.75) is 5.92 Å². The van der Waals surface area contributed by atoms with Crippen LogP contribution in [0.3, 0.4) is 0 Å². The molecule has 0 atom stereocenters. The molecule has 2 aromatic rings. The third-order valence-corrected chi connectivity index (χ3v) is 2.71. The number of amidine groups is 1. The van der Waals surface area contributed by atoms with Gasteiger partial charge in [0.15, 0.2) is 0 Å². The molecule has 2 aromatic carbocycles. The molecule has 3 nitrogen and oxygen atoms in total. The number of rotatable bonds is 3. The topological polar surface area (TPSA) is 64.4 Å². The van der Waals surface area contributed by atoms with E-state index in [1.807, 2.05) is 60.7 Å². The maximum absolute atomic E-state index is 5.91. The van der Waals surface area contributed by atoms with E-state index in [1.165, 1.54) is 0 Å². The van der Waals surface area contributed by atoms with Crippen LogP contribution < -0.4 is 11.6 Å². The van der Waals surface area contributed by atoms with Gasteiger partial charge in [0.25, 0.3) is 0 Å². The number of nitrogens with zero attached hydrogens (tertiary/aromatic N) is 1. The first-order chi connectivity index (χ1) is 8.33. The second kappa shape index (κ2) is 5.16. The van der Waals surface area contributed by atoms with Crippen molar-refractivity contribution in [3.05, 3.63) is 71.8 Å². The van der Waals surface area contributed by atoms with Gasteiger partial charge in [-0.2, -0.15) is 5.10 Å². The summed E-state index contributed by atoms with van der Waals surface area (Å²) in [6.07, 6.45) is 0. The largest absolute Gasteiger partial charge is 0.385 e. The van der Waals surface area contributed by atoms with Crippen molar-refractivity contribution in [1.82, 2.24) is 0 Å². The Bertz CT molecular complexity index is 452. The maximum atomic E-state index is 5.91. The van der Waals surface area contributed by atoms with Crippen LogP contribution in [0.4, 0.5) is 0 Å². The Kier molecular flexibility index (Phi) is 3.40. The second-order valence-electron chi connectivity index (χ2n) is 3.81. The summed E-state index contributed by atoms with van der Waals surface area (Å²) in [5, 5.41) is 3.64. The van der Waals surface area contributed by atoms with Gasteiger partial charge in [0.2, 0.25) is 0 Å². The lowest BCUT2D eigenvalue weighted by atomic mass is 9.90. The molecule has 0 heterocycles. The first-order valence-electron chi connectivity index (χ1n) is 5.46. The fourth-order valence-electron chi connectivity index (χ4n) is 1.90. The van der Waals surface area contributed by atoms with Gasteiger partial charge in [-0.3, -0.25) is 0 Å². The van der Waals surface area contributed by atoms with Crippen molar-refractivity contribution < 1.29 is 0 Å². The summed E-state index contributed by atoms with van der Waals surface area (Å²) >= 11 is 0. The van der Waals surface area contributed by atoms with E-state index in [9.17, 15) is 0 Å². The summed E-state index contributed by atoms with van der Waals surface area (Å²) in [5.74, 6) is 5.65. The van der Waals surface area contributed by atoms with E-state index in [0.29, 0.717) is 5.84 Å². The van der Waals surface area contributed by atoms with E-state index in [2.05, 4.69) is 5.10 Å². The van der Waals surface area contributed by atoms with E-state index >= 15 is 0 Å². The molecule has 0 fully saturated rings. The molecule has 3 heteroatoms. The fraction of sp³-hybridized carbons (Fsp3) is 0.0714. The van der Waals surface area contributed by atoms with Crippen LogP contribution >= 0.6 is 0 Å². The zero-order valence-electron chi connectivity index (χ0n) is 9.45. The minimum Gasteiger partial charge on any atom is -0.385 e. The van der Waals surface area contributed by atoms with Crippen LogP contribution in [0, 0.1) is 0 Å². The molecule has 0 aliphatic rings. The molecule has 86 valence electrons. The predicted octanol–water partition coefficient (Wildman–Crippen LogP) is 2.05. The summed E-state index contributed by atoms with van der Waals surface area (Å²) in [4.78, 5) is 0. The zero-order chi connectivity index (χ0) is 12.1. The first-order valence-corrected chi connectivity index (χ1v) is 5.46. The van der Waals surface area contributed by atoms with Gasteiger partial charge < -0.3 is 11.6 Å². The summed E-state index contributed by atoms with van der Waals surface area (Å²) in [7, 11) is 0. The SMILES string of the molecule is N/N=C(/N)C(c1ccccc1)c1ccccc1. The van der Waals surface area contributed by atoms with Crippen molar-refractivity contribution in [3.8, 4) is 0 Å². The molecular weight excluding hydrogens is 210 g/mol. The van der Waals surface area contributed by atoms with Gasteiger partial charge >= 0.3 is 0 Å². The minimum absolute atomic E-state index is 0.0811. The Morgan fingerprint density at radius 3 is 1.59 bits per heavy atom. The van der Waals surface area contributed by atoms with Crippen molar-refractivity contribution in [2.75, 3.05) is 0 Å². The van der Waals surface area contributed by atoms with Gasteiger partial charge in [0.1, 0.15) is 5.84 Å². The molecular formula is C14H15N3. The lowest BCUT2D eigenvalue weighted by molar-refractivity contribution is 1.03. The van der Waals surface area contributed by atoms with E-state index in [1.54, 1.807) is 0 Å². The molecule has 0 aliphatic heterocycles. The summed E-state index contributed by atoms with van der Waals surface area (Å²) in [6.45, 7) is 0. The lowest BCUT2D eigenvalue weighted by Crippen LogP contribution is -2.24. The highest BCUT2D eigenvalue weighted by Crippen LogP contribution is 2.24. The van der Waals surface area contributed by atoms with Crippen LogP contribution in [0.15, 0.2) is 65.8 Å². The van der Waals surface area contributed by atoms with Crippen LogP contribution in [-0.4, -0.2) is 5.84 Å². The third kappa shape index (κ3) is 2.45. The van der Waals surface area contributed by atoms with Crippen molar-refractivity contribution in [2.24, 2.45) is 16.7 Å². The molecule has 0 aliphatic carbocycles. The number of benzene rings is 2. The second-order valence-corrected chi connectivity index (χ2v) is 3.81. The Morgan fingerprint density at radius 2 is 1.24 bits per heavy atom. The smallest absolute Gasteiger partial charge is 0.131 e. The third-order valence-electron chi connectivity index (χ3n) is 2.71. The van der Waals surface area contributed by atoms with Gasteiger partial charge in [-0.25, -0.2) is 0 Å². The van der Waals surface area contributed by atoms with Crippen LogP contribution in [0.25, 0.3) is 0 Å². The quantitative estimate of drug-likeness (QED) is 0.363. The molecule has 0 bridgehead atoms. The highest BCUT2D eigenvalue weighted by Gasteiger charge is 2.17. The average molecular weight is 225 g/mol. The van der Waals surface area contributed by atoms with E-state index in [-0.39, 0.29) is 5.92 Å². The van der Waals surface area contributed by atoms with E-state index in [4.69, 9.17) is 11.6 Å². The fourth-order valence-corrected chi connectivity index (χ4v) is 1.90. The van der Waals surface area contributed by atoms with E-state index in [0.717, 1.165) is 11.1 Å². The molecule has 0 amide bonds. The van der Waals surface area contributed by atoms with Gasteiger partial charge in [0, 0.05) is 0 Å². The molecule has 0 spiro atoms. The normalized spacial score (nSPS) is 11.7. The monoisotopic (exact) mass is 225 g/mol. The first kappa shape index (κ1) is 11.2. The molecule has 2 rings (SSSR count). The number of hydrazone groups is 1. The molecule has 0 saturated carbocycles. The van der Waals surface area contributed by atoms with Gasteiger partial charge in [-0.15, -0.1) is 0 Å². The summed E-state index contributed by atoms with van der Waals surface area (Å²) in [5.41, 5.74) is 8.08. The zero-order valence-corrected chi connectivity index (χ0v) is 9.45. The van der Waals surface area contributed by atoms with Gasteiger partial charge in [0.05, 0.1) is 5.92 Å². The lowest BCUT2D eigenvalue weighted by Gasteiger charge is -2.16. The minimum atomic E-state index is -0.0811. The van der Waals surface area contributed by atoms with Gasteiger partial charge in [-0.05, 0) is 11.1 Å². The Balaban J connectivity index is 2.47. The highest BCUT2D eigenvalue weighted by molar-refractivity contribution is 5.90. The molecule has 0 unspecified atom stereocenters. The summed E-state index contributed by atoms with van der Waals surface area (Å²) in [6, 6.07) is 20.0. The molecule has 4 N–H and O–H groups in total. The van der Waals surface area contributed by atoms with Crippen LogP contribution in [0.2, 0.25) is 0 Å². The predicted molar refractivity (Wildman–Crippen MR) is 70.5 cm³/mol. The highest BCUT2D eigenvalue weighted by atomic mass is 15.2. The maximum Gasteiger partial charge on any atom is 0.131 e. The molecule has 0 saturated heterocycles. The average Bonchev–Trinajstić information content (AvgIpc) is 2.41. The van der Waals surface area contributed by atoms with Crippen molar-refractivity contribution in [3.63, 3.8) is 0 Å². The van der Waals surface area contributed by atoms with Crippen LogP contribution in [-0.2, 0) is 0 Å². The molecule has 0 radical (unpaired) electrons. The van der Waals surface area contributed by atoms with E-state index < -0.39 is 0 Å². The standard InChI is InChI=1S/C14H15N3/c15-14(17-16)13(11-7-3-1-4-8-11)12-9-5-2-6-10-12/h1-10,13H,16H2,(H2,15,17). The molecule has 0 aromatic heterocycles. The van der Waals surface area contributed by atoms with Crippen LogP contribution in [0.5, 0.6) is 0 Å². The Morgan fingerprint density at radius 1 is 0.824 bits per heavy atom. The molecule has 17 heavy (non-hydrogen) atoms. The van der Waals surface area contributed by atoms with Gasteiger partial charge in [-0.1, -0.05) is 60.7 Å². The summed E-state index contributed by atoms with van der Waals surface area (Å²) < 4.78 is 0. The Labute approximate surface area is 101 Å². The number of hydrogen-bond donors (Lipinski definition) is 2. The number of hydrogen-bond acceptors (Lipinski definition) is 2. The Hall–Kier alpha value is -2.29.